The van der Waals surface area contributed by atoms with Gasteiger partial charge in [-0.2, -0.15) is 0 Å². The van der Waals surface area contributed by atoms with Crippen LogP contribution in [0.3, 0.4) is 0 Å². The van der Waals surface area contributed by atoms with Crippen molar-refractivity contribution in [3.05, 3.63) is 23.8 Å². The van der Waals surface area contributed by atoms with E-state index in [0.717, 1.165) is 6.42 Å². The standard InChI is InChI=1S/C12H16O2/c13-11-6-7-12(14-9-11)8-10-4-2-1-3-5-10/h4,6-7,12H,1-3,5,8-9H2. The van der Waals surface area contributed by atoms with Crippen LogP contribution < -0.4 is 0 Å². The fourth-order valence-electron chi connectivity index (χ4n) is 1.98. The molecule has 2 rings (SSSR count). The van der Waals surface area contributed by atoms with Gasteiger partial charge in [0.15, 0.2) is 5.78 Å². The third-order valence-corrected chi connectivity index (χ3v) is 2.78. The summed E-state index contributed by atoms with van der Waals surface area (Å²) in [6.45, 7) is 0.258. The molecule has 0 aromatic rings. The molecule has 14 heavy (non-hydrogen) atoms. The van der Waals surface area contributed by atoms with E-state index < -0.39 is 0 Å². The number of ketones is 1. The first-order valence-corrected chi connectivity index (χ1v) is 5.35. The Morgan fingerprint density at radius 1 is 1.43 bits per heavy atom. The second-order valence-electron chi connectivity index (χ2n) is 3.99. The van der Waals surface area contributed by atoms with Gasteiger partial charge in [0.25, 0.3) is 0 Å². The highest BCUT2D eigenvalue weighted by atomic mass is 16.5. The summed E-state index contributed by atoms with van der Waals surface area (Å²) in [5, 5.41) is 0. The molecule has 0 fully saturated rings. The lowest BCUT2D eigenvalue weighted by Gasteiger charge is -2.20. The smallest absolute Gasteiger partial charge is 0.181 e. The van der Waals surface area contributed by atoms with Crippen LogP contribution in [0.1, 0.15) is 32.1 Å². The Bertz CT molecular complexity index is 276. The molecule has 1 unspecified atom stereocenters. The Hall–Kier alpha value is -0.890. The maximum Gasteiger partial charge on any atom is 0.181 e. The van der Waals surface area contributed by atoms with Crippen LogP contribution in [-0.4, -0.2) is 18.5 Å². The lowest BCUT2D eigenvalue weighted by Crippen LogP contribution is -2.21. The maximum atomic E-state index is 10.9. The van der Waals surface area contributed by atoms with Crippen LogP contribution in [0.25, 0.3) is 0 Å². The summed E-state index contributed by atoms with van der Waals surface area (Å²) in [5.41, 5.74) is 1.50. The highest BCUT2D eigenvalue weighted by Gasteiger charge is 2.15. The summed E-state index contributed by atoms with van der Waals surface area (Å²) in [7, 11) is 0. The van der Waals surface area contributed by atoms with Crippen molar-refractivity contribution in [3.63, 3.8) is 0 Å². The maximum absolute atomic E-state index is 10.9. The molecular weight excluding hydrogens is 176 g/mol. The number of carbonyl (C=O) groups is 1. The minimum atomic E-state index is 0.0823. The normalized spacial score (nSPS) is 27.6. The first-order chi connectivity index (χ1) is 6.84. The zero-order valence-corrected chi connectivity index (χ0v) is 8.37. The second kappa shape index (κ2) is 4.56. The summed E-state index contributed by atoms with van der Waals surface area (Å²) in [6, 6.07) is 0. The number of allylic oxidation sites excluding steroid dienone is 1. The van der Waals surface area contributed by atoms with Crippen LogP contribution in [0.4, 0.5) is 0 Å². The van der Waals surface area contributed by atoms with E-state index in [1.807, 2.05) is 6.08 Å². The van der Waals surface area contributed by atoms with E-state index in [1.165, 1.54) is 31.3 Å². The fraction of sp³-hybridized carbons (Fsp3) is 0.583. The van der Waals surface area contributed by atoms with E-state index in [0.29, 0.717) is 0 Å². The van der Waals surface area contributed by atoms with Crippen LogP contribution in [0.2, 0.25) is 0 Å². The Balaban J connectivity index is 1.88. The molecule has 0 radical (unpaired) electrons. The molecule has 2 heteroatoms. The number of hydrogen-bond donors (Lipinski definition) is 0. The van der Waals surface area contributed by atoms with Crippen molar-refractivity contribution < 1.29 is 9.53 Å². The summed E-state index contributed by atoms with van der Waals surface area (Å²) in [4.78, 5) is 10.9. The van der Waals surface area contributed by atoms with Gasteiger partial charge in [0.2, 0.25) is 0 Å². The minimum Gasteiger partial charge on any atom is -0.366 e. The molecule has 0 aromatic carbocycles. The molecule has 76 valence electrons. The van der Waals surface area contributed by atoms with Gasteiger partial charge in [0.1, 0.15) is 6.61 Å². The van der Waals surface area contributed by atoms with Crippen molar-refractivity contribution in [2.24, 2.45) is 0 Å². The van der Waals surface area contributed by atoms with Gasteiger partial charge in [-0.25, -0.2) is 0 Å². The van der Waals surface area contributed by atoms with Gasteiger partial charge in [0, 0.05) is 0 Å². The molecule has 0 spiro atoms. The summed E-state index contributed by atoms with van der Waals surface area (Å²) < 4.78 is 5.42. The number of rotatable bonds is 2. The lowest BCUT2D eigenvalue weighted by atomic mass is 9.94. The molecule has 1 aliphatic heterocycles. The molecule has 1 aliphatic carbocycles. The summed E-state index contributed by atoms with van der Waals surface area (Å²) in [5.74, 6) is 0.0823. The van der Waals surface area contributed by atoms with Crippen LogP contribution in [0, 0.1) is 0 Å². The van der Waals surface area contributed by atoms with Crippen molar-refractivity contribution in [1.82, 2.24) is 0 Å². The molecule has 0 saturated carbocycles. The van der Waals surface area contributed by atoms with Gasteiger partial charge in [-0.3, -0.25) is 4.79 Å². The first-order valence-electron chi connectivity index (χ1n) is 5.35. The lowest BCUT2D eigenvalue weighted by molar-refractivity contribution is -0.121. The Kier molecular flexibility index (Phi) is 3.14. The highest BCUT2D eigenvalue weighted by molar-refractivity contribution is 5.91. The third kappa shape index (κ3) is 2.55. The van der Waals surface area contributed by atoms with Gasteiger partial charge in [-0.1, -0.05) is 17.7 Å². The van der Waals surface area contributed by atoms with E-state index in [9.17, 15) is 4.79 Å². The molecule has 1 atom stereocenters. The average Bonchev–Trinajstić information content (AvgIpc) is 2.23. The quantitative estimate of drug-likeness (QED) is 0.628. The molecule has 2 aliphatic rings. The predicted molar refractivity (Wildman–Crippen MR) is 55.1 cm³/mol. The monoisotopic (exact) mass is 192 g/mol. The van der Waals surface area contributed by atoms with E-state index >= 15 is 0 Å². The van der Waals surface area contributed by atoms with Crippen LogP contribution >= 0.6 is 0 Å². The van der Waals surface area contributed by atoms with Crippen LogP contribution in [0.15, 0.2) is 23.8 Å². The molecule has 1 heterocycles. The first kappa shape index (κ1) is 9.66. The zero-order chi connectivity index (χ0) is 9.80. The van der Waals surface area contributed by atoms with E-state index in [1.54, 1.807) is 6.08 Å². The van der Waals surface area contributed by atoms with Gasteiger partial charge < -0.3 is 4.74 Å². The number of hydrogen-bond acceptors (Lipinski definition) is 2. The summed E-state index contributed by atoms with van der Waals surface area (Å²) in [6.07, 6.45) is 12.0. The molecular formula is C12H16O2. The third-order valence-electron chi connectivity index (χ3n) is 2.78. The molecule has 0 bridgehead atoms. The van der Waals surface area contributed by atoms with Crippen molar-refractivity contribution in [2.75, 3.05) is 6.61 Å². The summed E-state index contributed by atoms with van der Waals surface area (Å²) >= 11 is 0. The van der Waals surface area contributed by atoms with Gasteiger partial charge >= 0.3 is 0 Å². The van der Waals surface area contributed by atoms with Gasteiger partial charge in [-0.15, -0.1) is 0 Å². The van der Waals surface area contributed by atoms with Crippen molar-refractivity contribution in [1.29, 1.82) is 0 Å². The fourth-order valence-corrected chi connectivity index (χ4v) is 1.98. The van der Waals surface area contributed by atoms with Crippen molar-refractivity contribution in [2.45, 2.75) is 38.2 Å². The SMILES string of the molecule is O=C1C=CC(CC2=CCCCC2)OC1. The van der Waals surface area contributed by atoms with E-state index in [2.05, 4.69) is 6.08 Å². The van der Waals surface area contributed by atoms with Crippen molar-refractivity contribution in [3.8, 4) is 0 Å². The Morgan fingerprint density at radius 2 is 2.36 bits per heavy atom. The second-order valence-corrected chi connectivity index (χ2v) is 3.99. The van der Waals surface area contributed by atoms with Crippen molar-refractivity contribution >= 4 is 5.78 Å². The molecule has 0 aromatic heterocycles. The highest BCUT2D eigenvalue weighted by Crippen LogP contribution is 2.23. The number of ether oxygens (including phenoxy) is 1. The Labute approximate surface area is 84.6 Å². The van der Waals surface area contributed by atoms with Gasteiger partial charge in [-0.05, 0) is 38.2 Å². The Morgan fingerprint density at radius 3 is 3.00 bits per heavy atom. The average molecular weight is 192 g/mol. The molecule has 0 amide bonds. The largest absolute Gasteiger partial charge is 0.366 e. The molecule has 0 saturated heterocycles. The molecule has 2 nitrogen and oxygen atoms in total. The van der Waals surface area contributed by atoms with Gasteiger partial charge in [0.05, 0.1) is 6.10 Å². The minimum absolute atomic E-state index is 0.0823. The predicted octanol–water partition coefficient (Wildman–Crippen LogP) is 2.40. The topological polar surface area (TPSA) is 26.3 Å². The van der Waals surface area contributed by atoms with E-state index in [-0.39, 0.29) is 18.5 Å². The van der Waals surface area contributed by atoms with Crippen LogP contribution in [-0.2, 0) is 9.53 Å². The number of carbonyl (C=O) groups excluding carboxylic acids is 1. The van der Waals surface area contributed by atoms with Crippen LogP contribution in [0.5, 0.6) is 0 Å². The van der Waals surface area contributed by atoms with E-state index in [4.69, 9.17) is 4.74 Å². The zero-order valence-electron chi connectivity index (χ0n) is 8.37. The molecule has 0 N–H and O–H groups in total.